The lowest BCUT2D eigenvalue weighted by Crippen LogP contribution is -2.15. The summed E-state index contributed by atoms with van der Waals surface area (Å²) in [6.45, 7) is 0. The van der Waals surface area contributed by atoms with Gasteiger partial charge >= 0.3 is 0 Å². The van der Waals surface area contributed by atoms with Crippen LogP contribution in [0.25, 0.3) is 0 Å². The number of hydrogen-bond donors (Lipinski definition) is 2. The lowest BCUT2D eigenvalue weighted by Gasteiger charge is -2.07. The van der Waals surface area contributed by atoms with Crippen molar-refractivity contribution >= 4 is 33.5 Å². The van der Waals surface area contributed by atoms with Gasteiger partial charge in [0.25, 0.3) is 5.91 Å². The number of pyridine rings is 2. The Labute approximate surface area is 117 Å². The molecule has 0 aliphatic heterocycles. The van der Waals surface area contributed by atoms with E-state index in [9.17, 15) is 9.18 Å². The first-order chi connectivity index (χ1) is 9.11. The molecule has 0 aliphatic rings. The average molecular weight is 325 g/mol. The number of hydrogen-bond acceptors (Lipinski definition) is 4. The highest BCUT2D eigenvalue weighted by Gasteiger charge is 2.15. The van der Waals surface area contributed by atoms with Gasteiger partial charge < -0.3 is 10.6 Å². The third-order valence-electron chi connectivity index (χ3n) is 2.34. The van der Waals surface area contributed by atoms with Crippen molar-refractivity contribution in [2.75, 3.05) is 17.7 Å². The van der Waals surface area contributed by atoms with Gasteiger partial charge in [0, 0.05) is 23.9 Å². The molecule has 0 atom stereocenters. The quantitative estimate of drug-likeness (QED) is 0.910. The van der Waals surface area contributed by atoms with Crippen LogP contribution in [0.2, 0.25) is 0 Å². The predicted octanol–water partition coefficient (Wildman–Crippen LogP) is 2.67. The van der Waals surface area contributed by atoms with Crippen LogP contribution in [0, 0.1) is 5.82 Å². The first-order valence-electron chi connectivity index (χ1n) is 5.37. The molecule has 2 heterocycles. The Bertz CT molecular complexity index is 603. The van der Waals surface area contributed by atoms with E-state index in [-0.39, 0.29) is 11.4 Å². The fourth-order valence-electron chi connectivity index (χ4n) is 1.43. The highest BCUT2D eigenvalue weighted by atomic mass is 79.9. The second-order valence-corrected chi connectivity index (χ2v) is 4.50. The summed E-state index contributed by atoms with van der Waals surface area (Å²) in [6, 6.07) is 4.65. The van der Waals surface area contributed by atoms with Gasteiger partial charge in [0.15, 0.2) is 11.6 Å². The largest absolute Gasteiger partial charge is 0.371 e. The van der Waals surface area contributed by atoms with E-state index in [0.29, 0.717) is 5.82 Å². The number of nitrogens with zero attached hydrogens (tertiary/aromatic N) is 2. The predicted molar refractivity (Wildman–Crippen MR) is 73.6 cm³/mol. The number of amides is 1. The van der Waals surface area contributed by atoms with Gasteiger partial charge in [0.1, 0.15) is 5.82 Å². The molecule has 2 aromatic heterocycles. The summed E-state index contributed by atoms with van der Waals surface area (Å²) in [5, 5.41) is 5.09. The monoisotopic (exact) mass is 324 g/mol. The Morgan fingerprint density at radius 1 is 1.32 bits per heavy atom. The Hall–Kier alpha value is -2.02. The molecule has 0 spiro atoms. The smallest absolute Gasteiger partial charge is 0.259 e. The topological polar surface area (TPSA) is 66.9 Å². The molecule has 98 valence electrons. The van der Waals surface area contributed by atoms with E-state index in [0.717, 1.165) is 4.47 Å². The normalized spacial score (nSPS) is 10.1. The van der Waals surface area contributed by atoms with Crippen LogP contribution in [-0.4, -0.2) is 22.9 Å². The number of carbonyl (C=O) groups is 1. The lowest BCUT2D eigenvalue weighted by molar-refractivity contribution is 0.102. The summed E-state index contributed by atoms with van der Waals surface area (Å²) < 4.78 is 14.7. The molecular formula is C12H10BrFN4O. The molecular weight excluding hydrogens is 315 g/mol. The van der Waals surface area contributed by atoms with Crippen molar-refractivity contribution in [3.05, 3.63) is 46.4 Å². The molecule has 2 aromatic rings. The van der Waals surface area contributed by atoms with E-state index in [1.165, 1.54) is 25.5 Å². The van der Waals surface area contributed by atoms with Crippen LogP contribution in [0.1, 0.15) is 10.4 Å². The van der Waals surface area contributed by atoms with Crippen LogP contribution in [0.15, 0.2) is 35.1 Å². The zero-order valence-corrected chi connectivity index (χ0v) is 11.5. The van der Waals surface area contributed by atoms with E-state index in [4.69, 9.17) is 0 Å². The van der Waals surface area contributed by atoms with Crippen LogP contribution < -0.4 is 10.6 Å². The second-order valence-electron chi connectivity index (χ2n) is 3.59. The van der Waals surface area contributed by atoms with E-state index < -0.39 is 11.7 Å². The summed E-state index contributed by atoms with van der Waals surface area (Å²) in [5.41, 5.74) is -0.0935. The molecule has 0 radical (unpaired) electrons. The summed E-state index contributed by atoms with van der Waals surface area (Å²) in [4.78, 5) is 19.7. The Morgan fingerprint density at radius 2 is 2.11 bits per heavy atom. The van der Waals surface area contributed by atoms with Crippen LogP contribution in [0.4, 0.5) is 16.0 Å². The summed E-state index contributed by atoms with van der Waals surface area (Å²) in [6.07, 6.45) is 2.90. The maximum Gasteiger partial charge on any atom is 0.259 e. The van der Waals surface area contributed by atoms with Gasteiger partial charge in [-0.1, -0.05) is 0 Å². The van der Waals surface area contributed by atoms with E-state index in [1.54, 1.807) is 12.1 Å². The number of nitrogens with one attached hydrogen (secondary N) is 2. The Morgan fingerprint density at radius 3 is 2.74 bits per heavy atom. The fourth-order valence-corrected chi connectivity index (χ4v) is 1.66. The van der Waals surface area contributed by atoms with Crippen molar-refractivity contribution in [2.45, 2.75) is 0 Å². The average Bonchev–Trinajstić information content (AvgIpc) is 2.41. The van der Waals surface area contributed by atoms with Crippen LogP contribution in [0.5, 0.6) is 0 Å². The molecule has 0 saturated carbocycles. The maximum atomic E-state index is 13.9. The van der Waals surface area contributed by atoms with Gasteiger partial charge in [-0.3, -0.25) is 4.79 Å². The summed E-state index contributed by atoms with van der Waals surface area (Å²) in [5.74, 6) is -0.905. The summed E-state index contributed by atoms with van der Waals surface area (Å²) in [7, 11) is 1.53. The second kappa shape index (κ2) is 5.75. The zero-order chi connectivity index (χ0) is 13.8. The minimum absolute atomic E-state index is 0.0245. The van der Waals surface area contributed by atoms with Gasteiger partial charge in [-0.05, 0) is 34.1 Å². The highest BCUT2D eigenvalue weighted by molar-refractivity contribution is 9.10. The Balaban J connectivity index is 2.23. The summed E-state index contributed by atoms with van der Waals surface area (Å²) >= 11 is 3.24. The van der Waals surface area contributed by atoms with Crippen LogP contribution in [-0.2, 0) is 0 Å². The maximum absolute atomic E-state index is 13.9. The zero-order valence-electron chi connectivity index (χ0n) is 9.95. The molecule has 0 bridgehead atoms. The lowest BCUT2D eigenvalue weighted by atomic mass is 10.2. The van der Waals surface area contributed by atoms with E-state index >= 15 is 0 Å². The van der Waals surface area contributed by atoms with Crippen molar-refractivity contribution in [1.29, 1.82) is 0 Å². The van der Waals surface area contributed by atoms with Gasteiger partial charge in [0.05, 0.1) is 5.56 Å². The Kier molecular flexibility index (Phi) is 4.06. The van der Waals surface area contributed by atoms with Gasteiger partial charge in [0.2, 0.25) is 0 Å². The number of anilines is 2. The minimum atomic E-state index is -0.695. The number of halogens is 2. The SMILES string of the molecule is CNc1nccc(C(=O)Nc2ccc(Br)cn2)c1F. The third-order valence-corrected chi connectivity index (χ3v) is 2.81. The van der Waals surface area contributed by atoms with Crippen molar-refractivity contribution in [3.63, 3.8) is 0 Å². The number of aromatic nitrogens is 2. The van der Waals surface area contributed by atoms with Crippen molar-refractivity contribution in [1.82, 2.24) is 9.97 Å². The molecule has 1 amide bonds. The van der Waals surface area contributed by atoms with Crippen molar-refractivity contribution in [2.24, 2.45) is 0 Å². The first-order valence-corrected chi connectivity index (χ1v) is 6.16. The van der Waals surface area contributed by atoms with Crippen LogP contribution >= 0.6 is 15.9 Å². The third kappa shape index (κ3) is 3.05. The standard InChI is InChI=1S/C12H10BrFN4O/c1-15-11-10(14)8(4-5-16-11)12(19)18-9-3-2-7(13)6-17-9/h2-6H,1H3,(H,15,16)(H,17,18,19). The fraction of sp³-hybridized carbons (Fsp3) is 0.0833. The first kappa shape index (κ1) is 13.4. The molecule has 0 aliphatic carbocycles. The highest BCUT2D eigenvalue weighted by Crippen LogP contribution is 2.16. The van der Waals surface area contributed by atoms with Crippen LogP contribution in [0.3, 0.4) is 0 Å². The number of carbonyl (C=O) groups excluding carboxylic acids is 1. The van der Waals surface area contributed by atoms with Gasteiger partial charge in [-0.2, -0.15) is 0 Å². The number of rotatable bonds is 3. The molecule has 0 saturated heterocycles. The molecule has 7 heteroatoms. The molecule has 0 fully saturated rings. The molecule has 2 rings (SSSR count). The van der Waals surface area contributed by atoms with Crippen molar-refractivity contribution in [3.8, 4) is 0 Å². The van der Waals surface area contributed by atoms with Crippen molar-refractivity contribution < 1.29 is 9.18 Å². The van der Waals surface area contributed by atoms with Gasteiger partial charge in [-0.15, -0.1) is 0 Å². The molecule has 2 N–H and O–H groups in total. The molecule has 19 heavy (non-hydrogen) atoms. The van der Waals surface area contributed by atoms with E-state index in [2.05, 4.69) is 36.5 Å². The minimum Gasteiger partial charge on any atom is -0.371 e. The molecule has 0 aromatic carbocycles. The molecule has 0 unspecified atom stereocenters. The van der Waals surface area contributed by atoms with Gasteiger partial charge in [-0.25, -0.2) is 14.4 Å². The van der Waals surface area contributed by atoms with E-state index in [1.807, 2.05) is 0 Å². The molecule has 5 nitrogen and oxygen atoms in total.